The molecule has 0 saturated heterocycles. The van der Waals surface area contributed by atoms with E-state index in [0.29, 0.717) is 21.8 Å². The van der Waals surface area contributed by atoms with E-state index in [4.69, 9.17) is 15.2 Å². The number of hydrogen-bond donors (Lipinski definition) is 1. The van der Waals surface area contributed by atoms with E-state index in [1.165, 1.54) is 7.11 Å². The quantitative estimate of drug-likeness (QED) is 0.450. The van der Waals surface area contributed by atoms with Crippen LogP contribution in [0, 0.1) is 0 Å². The van der Waals surface area contributed by atoms with Crippen molar-refractivity contribution >= 4 is 50.8 Å². The fraction of sp³-hybridized carbons (Fsp3) is 0.0556. The highest BCUT2D eigenvalue weighted by molar-refractivity contribution is 9.10. The molecule has 2 N–H and O–H groups in total. The average Bonchev–Trinajstić information content (AvgIpc) is 2.93. The molecule has 0 radical (unpaired) electrons. The second-order valence-electron chi connectivity index (χ2n) is 5.18. The molecular formula is C18H13BrN2O4S. The van der Waals surface area contributed by atoms with Crippen molar-refractivity contribution in [3.63, 3.8) is 0 Å². The largest absolute Gasteiger partial charge is 0.493 e. The van der Waals surface area contributed by atoms with E-state index in [2.05, 4.69) is 20.9 Å². The van der Waals surface area contributed by atoms with Gasteiger partial charge in [0, 0.05) is 4.47 Å². The lowest BCUT2D eigenvalue weighted by molar-refractivity contribution is -0.113. The van der Waals surface area contributed by atoms with Crippen molar-refractivity contribution in [2.24, 2.45) is 10.7 Å². The van der Waals surface area contributed by atoms with Crippen LogP contribution in [0.5, 0.6) is 11.5 Å². The Morgan fingerprint density at radius 2 is 2.04 bits per heavy atom. The zero-order chi connectivity index (χ0) is 18.7. The molecule has 132 valence electrons. The number of esters is 1. The number of hydrogen-bond acceptors (Lipinski definition) is 6. The van der Waals surface area contributed by atoms with Gasteiger partial charge >= 0.3 is 5.97 Å². The third kappa shape index (κ3) is 4.14. The van der Waals surface area contributed by atoms with Crippen LogP contribution in [0.1, 0.15) is 15.9 Å². The van der Waals surface area contributed by atoms with Crippen LogP contribution in [-0.2, 0) is 4.79 Å². The molecule has 0 bridgehead atoms. The van der Waals surface area contributed by atoms with Gasteiger partial charge in [0.05, 0.1) is 17.6 Å². The van der Waals surface area contributed by atoms with Gasteiger partial charge in [-0.05, 0) is 53.7 Å². The van der Waals surface area contributed by atoms with Crippen molar-refractivity contribution in [2.45, 2.75) is 0 Å². The molecule has 0 atom stereocenters. The molecule has 26 heavy (non-hydrogen) atoms. The fourth-order valence-corrected chi connectivity index (χ4v) is 3.29. The van der Waals surface area contributed by atoms with E-state index < -0.39 is 5.97 Å². The highest BCUT2D eigenvalue weighted by atomic mass is 79.9. The molecule has 1 amide bonds. The number of methoxy groups -OCH3 is 1. The van der Waals surface area contributed by atoms with Crippen molar-refractivity contribution in [3.05, 3.63) is 63.0 Å². The van der Waals surface area contributed by atoms with Crippen molar-refractivity contribution in [1.82, 2.24) is 0 Å². The van der Waals surface area contributed by atoms with E-state index >= 15 is 0 Å². The number of carbonyl (C=O) groups excluding carboxylic acids is 2. The molecule has 1 heterocycles. The summed E-state index contributed by atoms with van der Waals surface area (Å²) < 4.78 is 11.5. The second-order valence-corrected chi connectivity index (χ2v) is 7.15. The van der Waals surface area contributed by atoms with Gasteiger partial charge in [-0.15, -0.1) is 0 Å². The Kier molecular flexibility index (Phi) is 5.43. The number of rotatable bonds is 4. The lowest BCUT2D eigenvalue weighted by Crippen LogP contribution is -2.09. The highest BCUT2D eigenvalue weighted by Gasteiger charge is 2.20. The monoisotopic (exact) mass is 432 g/mol. The number of amidine groups is 1. The van der Waals surface area contributed by atoms with Gasteiger partial charge in [0.1, 0.15) is 0 Å². The Labute approximate surface area is 162 Å². The summed E-state index contributed by atoms with van der Waals surface area (Å²) in [4.78, 5) is 28.0. The highest BCUT2D eigenvalue weighted by Crippen LogP contribution is 2.32. The number of carbonyl (C=O) groups is 2. The Morgan fingerprint density at radius 1 is 1.23 bits per heavy atom. The van der Waals surface area contributed by atoms with E-state index in [1.807, 2.05) is 6.07 Å². The molecule has 1 aliphatic heterocycles. The van der Waals surface area contributed by atoms with Gasteiger partial charge in [-0.2, -0.15) is 4.99 Å². The Balaban J connectivity index is 1.82. The zero-order valence-corrected chi connectivity index (χ0v) is 16.0. The van der Waals surface area contributed by atoms with Gasteiger partial charge in [0.15, 0.2) is 16.7 Å². The average molecular weight is 433 g/mol. The zero-order valence-electron chi connectivity index (χ0n) is 13.6. The molecule has 0 aromatic heterocycles. The molecule has 0 aliphatic carbocycles. The number of halogens is 1. The molecule has 0 saturated carbocycles. The number of nitrogens with two attached hydrogens (primary N) is 1. The molecule has 1 aliphatic rings. The number of nitrogens with zero attached hydrogens (tertiary/aromatic N) is 1. The first-order chi connectivity index (χ1) is 12.5. The summed E-state index contributed by atoms with van der Waals surface area (Å²) in [6, 6.07) is 11.9. The van der Waals surface area contributed by atoms with Crippen molar-refractivity contribution < 1.29 is 19.1 Å². The van der Waals surface area contributed by atoms with Gasteiger partial charge in [-0.25, -0.2) is 4.79 Å². The smallest absolute Gasteiger partial charge is 0.343 e. The summed E-state index contributed by atoms with van der Waals surface area (Å²) in [5, 5.41) is 0.216. The van der Waals surface area contributed by atoms with E-state index in [0.717, 1.165) is 16.2 Å². The van der Waals surface area contributed by atoms with Crippen LogP contribution in [0.2, 0.25) is 0 Å². The lowest BCUT2D eigenvalue weighted by Gasteiger charge is -2.10. The van der Waals surface area contributed by atoms with Crippen LogP contribution in [0.3, 0.4) is 0 Å². The van der Waals surface area contributed by atoms with E-state index in [-0.39, 0.29) is 16.8 Å². The standard InChI is InChI=1S/C18H13BrN2O4S/c1-24-14-7-10(8-15-16(22)21-18(20)26-15)5-6-13(14)25-17(23)11-3-2-4-12(19)9-11/h2-9H,1H3,(H2,20,21,22). The number of amides is 1. The predicted octanol–water partition coefficient (Wildman–Crippen LogP) is 3.61. The first-order valence-corrected chi connectivity index (χ1v) is 9.01. The molecule has 0 unspecified atom stereocenters. The maximum atomic E-state index is 12.3. The minimum atomic E-state index is -0.501. The normalized spacial score (nSPS) is 15.1. The first-order valence-electron chi connectivity index (χ1n) is 7.40. The van der Waals surface area contributed by atoms with Gasteiger partial charge < -0.3 is 15.2 Å². The summed E-state index contributed by atoms with van der Waals surface area (Å²) in [7, 11) is 1.47. The number of benzene rings is 2. The van der Waals surface area contributed by atoms with Crippen LogP contribution in [-0.4, -0.2) is 24.2 Å². The number of thioether (sulfide) groups is 1. The Morgan fingerprint density at radius 3 is 2.69 bits per heavy atom. The van der Waals surface area contributed by atoms with E-state index in [1.54, 1.807) is 42.5 Å². The summed E-state index contributed by atoms with van der Waals surface area (Å²) in [5.41, 5.74) is 6.65. The van der Waals surface area contributed by atoms with Gasteiger partial charge in [0.25, 0.3) is 5.91 Å². The van der Waals surface area contributed by atoms with Gasteiger partial charge in [-0.3, -0.25) is 4.79 Å². The molecular weight excluding hydrogens is 420 g/mol. The third-order valence-electron chi connectivity index (χ3n) is 3.39. The van der Waals surface area contributed by atoms with Gasteiger partial charge in [0.2, 0.25) is 0 Å². The Bertz CT molecular complexity index is 956. The summed E-state index contributed by atoms with van der Waals surface area (Å²) in [6.45, 7) is 0. The Hall–Kier alpha value is -2.58. The maximum Gasteiger partial charge on any atom is 0.343 e. The van der Waals surface area contributed by atoms with Crippen molar-refractivity contribution in [1.29, 1.82) is 0 Å². The van der Waals surface area contributed by atoms with Crippen molar-refractivity contribution in [2.75, 3.05) is 7.11 Å². The van der Waals surface area contributed by atoms with Crippen molar-refractivity contribution in [3.8, 4) is 11.5 Å². The number of ether oxygens (including phenoxy) is 2. The lowest BCUT2D eigenvalue weighted by atomic mass is 10.2. The summed E-state index contributed by atoms with van der Waals surface area (Å²) in [5.74, 6) is -0.233. The molecule has 0 spiro atoms. The fourth-order valence-electron chi connectivity index (χ4n) is 2.21. The van der Waals surface area contributed by atoms with Crippen LogP contribution >= 0.6 is 27.7 Å². The van der Waals surface area contributed by atoms with Gasteiger partial charge in [-0.1, -0.05) is 28.1 Å². The van der Waals surface area contributed by atoms with Crippen LogP contribution in [0.25, 0.3) is 6.08 Å². The molecule has 2 aromatic rings. The minimum absolute atomic E-state index is 0.216. The molecule has 8 heteroatoms. The number of aliphatic imine (C=N–C) groups is 1. The van der Waals surface area contributed by atoms with Crippen LogP contribution in [0.4, 0.5) is 0 Å². The minimum Gasteiger partial charge on any atom is -0.493 e. The maximum absolute atomic E-state index is 12.3. The molecule has 3 rings (SSSR count). The SMILES string of the molecule is COc1cc(C=C2SC(N)=NC2=O)ccc1OC(=O)c1cccc(Br)c1. The predicted molar refractivity (Wildman–Crippen MR) is 104 cm³/mol. The molecule has 6 nitrogen and oxygen atoms in total. The summed E-state index contributed by atoms with van der Waals surface area (Å²) in [6.07, 6.45) is 1.65. The molecule has 0 fully saturated rings. The van der Waals surface area contributed by atoms with Crippen LogP contribution in [0.15, 0.2) is 56.8 Å². The first kappa shape index (κ1) is 18.2. The van der Waals surface area contributed by atoms with Crippen LogP contribution < -0.4 is 15.2 Å². The topological polar surface area (TPSA) is 91.0 Å². The third-order valence-corrected chi connectivity index (χ3v) is 4.69. The van der Waals surface area contributed by atoms with E-state index in [9.17, 15) is 9.59 Å². The molecule has 2 aromatic carbocycles. The summed E-state index contributed by atoms with van der Waals surface area (Å²) >= 11 is 4.42. The second kappa shape index (κ2) is 7.76.